The number of aryl methyl sites for hydroxylation is 2. The summed E-state index contributed by atoms with van der Waals surface area (Å²) in [5.74, 6) is 0.368. The highest BCUT2D eigenvalue weighted by Crippen LogP contribution is 2.23. The average molecular weight is 304 g/mol. The Morgan fingerprint density at radius 2 is 1.96 bits per heavy atom. The van der Waals surface area contributed by atoms with Crippen molar-refractivity contribution < 1.29 is 9.59 Å². The van der Waals surface area contributed by atoms with Crippen molar-refractivity contribution in [1.82, 2.24) is 0 Å². The van der Waals surface area contributed by atoms with Crippen LogP contribution in [0.5, 0.6) is 0 Å². The molecule has 0 N–H and O–H groups in total. The van der Waals surface area contributed by atoms with Crippen LogP contribution < -0.4 is 0 Å². The van der Waals surface area contributed by atoms with E-state index < -0.39 is 0 Å². The third kappa shape index (κ3) is 3.48. The molecule has 3 rings (SSSR count). The quantitative estimate of drug-likeness (QED) is 0.753. The second kappa shape index (κ2) is 6.74. The number of carbonyl (C=O) groups is 2. The number of allylic oxidation sites excluding steroid dienone is 1. The van der Waals surface area contributed by atoms with Gasteiger partial charge in [0.25, 0.3) is 0 Å². The molecule has 1 aliphatic carbocycles. The predicted octanol–water partition coefficient (Wildman–Crippen LogP) is 4.66. The lowest BCUT2D eigenvalue weighted by Crippen LogP contribution is -1.98. The van der Waals surface area contributed by atoms with Crippen molar-refractivity contribution in [3.8, 4) is 0 Å². The van der Waals surface area contributed by atoms with Crippen LogP contribution in [-0.4, -0.2) is 11.6 Å². The van der Waals surface area contributed by atoms with Gasteiger partial charge in [0, 0.05) is 17.5 Å². The molecule has 0 saturated carbocycles. The van der Waals surface area contributed by atoms with Gasteiger partial charge >= 0.3 is 0 Å². The summed E-state index contributed by atoms with van der Waals surface area (Å²) in [4.78, 5) is 23.4. The molecule has 0 atom stereocenters. The maximum absolute atomic E-state index is 11.8. The molecule has 116 valence electrons. The maximum Gasteiger partial charge on any atom is 0.163 e. The maximum atomic E-state index is 11.8. The first-order valence-electron chi connectivity index (χ1n) is 8.06. The number of hydrogen-bond donors (Lipinski definition) is 0. The van der Waals surface area contributed by atoms with Crippen LogP contribution in [-0.2, 0) is 12.8 Å². The van der Waals surface area contributed by atoms with Crippen LogP contribution in [0.1, 0.15) is 57.2 Å². The fourth-order valence-corrected chi connectivity index (χ4v) is 3.10. The molecule has 0 aliphatic heterocycles. The van der Waals surface area contributed by atoms with Crippen molar-refractivity contribution in [1.29, 1.82) is 0 Å². The minimum atomic E-state index is 0.113. The minimum Gasteiger partial charge on any atom is -0.295 e. The lowest BCUT2D eigenvalue weighted by molar-refractivity contribution is 0.0991. The van der Waals surface area contributed by atoms with E-state index in [1.54, 1.807) is 6.92 Å². The predicted molar refractivity (Wildman–Crippen MR) is 92.9 cm³/mol. The highest BCUT2D eigenvalue weighted by atomic mass is 16.1. The van der Waals surface area contributed by atoms with Gasteiger partial charge in [0.05, 0.1) is 0 Å². The summed E-state index contributed by atoms with van der Waals surface area (Å²) in [5.41, 5.74) is 5.02. The van der Waals surface area contributed by atoms with Crippen LogP contribution in [0.3, 0.4) is 0 Å². The molecule has 0 radical (unpaired) electrons. The van der Waals surface area contributed by atoms with Crippen molar-refractivity contribution in [2.75, 3.05) is 0 Å². The average Bonchev–Trinajstić information content (AvgIpc) is 2.93. The number of hydrogen-bond acceptors (Lipinski definition) is 2. The van der Waals surface area contributed by atoms with Crippen LogP contribution in [0.4, 0.5) is 0 Å². The molecule has 0 heterocycles. The lowest BCUT2D eigenvalue weighted by atomic mass is 10.00. The van der Waals surface area contributed by atoms with Gasteiger partial charge in [-0.05, 0) is 48.9 Å². The van der Waals surface area contributed by atoms with E-state index in [-0.39, 0.29) is 11.6 Å². The second-order valence-corrected chi connectivity index (χ2v) is 5.99. The van der Waals surface area contributed by atoms with E-state index in [0.29, 0.717) is 6.42 Å². The summed E-state index contributed by atoms with van der Waals surface area (Å²) in [7, 11) is 0. The Hall–Kier alpha value is -2.48. The molecule has 23 heavy (non-hydrogen) atoms. The number of carbonyl (C=O) groups excluding carboxylic acids is 2. The number of benzene rings is 2. The van der Waals surface area contributed by atoms with Crippen LogP contribution in [0.2, 0.25) is 0 Å². The number of Topliss-reactive ketones (excluding diaryl/α,β-unsaturated/α-hetero) is 2. The van der Waals surface area contributed by atoms with Crippen LogP contribution >= 0.6 is 0 Å². The van der Waals surface area contributed by atoms with Gasteiger partial charge in [0.15, 0.2) is 11.6 Å². The highest BCUT2D eigenvalue weighted by molar-refractivity contribution is 6.00. The van der Waals surface area contributed by atoms with E-state index in [1.807, 2.05) is 30.3 Å². The van der Waals surface area contributed by atoms with E-state index in [1.165, 1.54) is 5.56 Å². The molecule has 0 spiro atoms. The van der Waals surface area contributed by atoms with Crippen molar-refractivity contribution in [3.05, 3.63) is 76.4 Å². The minimum absolute atomic E-state index is 0.113. The topological polar surface area (TPSA) is 34.1 Å². The number of rotatable bonds is 5. The van der Waals surface area contributed by atoms with Gasteiger partial charge < -0.3 is 0 Å². The monoisotopic (exact) mass is 304 g/mol. The molecule has 0 fully saturated rings. The molecule has 0 unspecified atom stereocenters. The third-order valence-electron chi connectivity index (χ3n) is 4.34. The van der Waals surface area contributed by atoms with Crippen molar-refractivity contribution in [2.45, 2.75) is 32.6 Å². The molecule has 0 aromatic heterocycles. The second-order valence-electron chi connectivity index (χ2n) is 5.99. The lowest BCUT2D eigenvalue weighted by Gasteiger charge is -2.04. The highest BCUT2D eigenvalue weighted by Gasteiger charge is 2.18. The largest absolute Gasteiger partial charge is 0.295 e. The van der Waals surface area contributed by atoms with Gasteiger partial charge in [0.2, 0.25) is 0 Å². The summed E-state index contributed by atoms with van der Waals surface area (Å²) >= 11 is 0. The zero-order valence-electron chi connectivity index (χ0n) is 13.3. The van der Waals surface area contributed by atoms with Crippen LogP contribution in [0.15, 0.2) is 48.5 Å². The molecule has 1 aliphatic rings. The molecule has 0 saturated heterocycles. The number of ketones is 2. The smallest absolute Gasteiger partial charge is 0.163 e. The van der Waals surface area contributed by atoms with Crippen LogP contribution in [0, 0.1) is 0 Å². The van der Waals surface area contributed by atoms with Gasteiger partial charge in [-0.3, -0.25) is 9.59 Å². The molecule has 2 heteroatoms. The third-order valence-corrected chi connectivity index (χ3v) is 4.34. The van der Waals surface area contributed by atoms with Crippen LogP contribution in [0.25, 0.3) is 6.08 Å². The van der Waals surface area contributed by atoms with Crippen molar-refractivity contribution in [3.63, 3.8) is 0 Å². The molecule has 0 bridgehead atoms. The zero-order valence-corrected chi connectivity index (χ0v) is 13.3. The molecular weight excluding hydrogens is 284 g/mol. The van der Waals surface area contributed by atoms with Gasteiger partial charge in [-0.15, -0.1) is 0 Å². The van der Waals surface area contributed by atoms with Crippen molar-refractivity contribution in [2.24, 2.45) is 0 Å². The first-order chi connectivity index (χ1) is 11.1. The van der Waals surface area contributed by atoms with Gasteiger partial charge in [0.1, 0.15) is 0 Å². The van der Waals surface area contributed by atoms with Gasteiger partial charge in [-0.1, -0.05) is 48.6 Å². The first kappa shape index (κ1) is 15.4. The first-order valence-corrected chi connectivity index (χ1v) is 8.06. The van der Waals surface area contributed by atoms with E-state index in [0.717, 1.165) is 41.5 Å². The fraction of sp³-hybridized carbons (Fsp3) is 0.238. The molecule has 2 aromatic rings. The summed E-state index contributed by atoms with van der Waals surface area (Å²) in [6.07, 6.45) is 7.40. The normalized spacial score (nSPS) is 13.5. The van der Waals surface area contributed by atoms with Gasteiger partial charge in [-0.2, -0.15) is 0 Å². The van der Waals surface area contributed by atoms with Gasteiger partial charge in [-0.25, -0.2) is 0 Å². The molecular formula is C21H20O2. The Balaban J connectivity index is 1.65. The Morgan fingerprint density at radius 3 is 2.78 bits per heavy atom. The molecule has 0 amide bonds. The summed E-state index contributed by atoms with van der Waals surface area (Å²) in [6, 6.07) is 13.9. The summed E-state index contributed by atoms with van der Waals surface area (Å²) < 4.78 is 0. The van der Waals surface area contributed by atoms with E-state index in [4.69, 9.17) is 0 Å². The Kier molecular flexibility index (Phi) is 4.52. The molecule has 2 nitrogen and oxygen atoms in total. The standard InChI is InChI=1S/C21H20O2/c1-15(22)19-9-5-4-8-17(19)7-3-2-6-16-10-11-18-12-13-21(23)20(18)14-16/h2,4-6,8-11,14H,3,7,12-13H2,1H3. The summed E-state index contributed by atoms with van der Waals surface area (Å²) in [6.45, 7) is 1.61. The van der Waals surface area contributed by atoms with E-state index >= 15 is 0 Å². The van der Waals surface area contributed by atoms with Crippen molar-refractivity contribution >= 4 is 17.6 Å². The Morgan fingerprint density at radius 1 is 1.13 bits per heavy atom. The Bertz CT molecular complexity index is 784. The molecule has 2 aromatic carbocycles. The van der Waals surface area contributed by atoms with E-state index in [2.05, 4.69) is 24.3 Å². The fourth-order valence-electron chi connectivity index (χ4n) is 3.10. The summed E-state index contributed by atoms with van der Waals surface area (Å²) in [5, 5.41) is 0. The number of fused-ring (bicyclic) bond motifs is 1. The Labute approximate surface area is 136 Å². The van der Waals surface area contributed by atoms with E-state index in [9.17, 15) is 9.59 Å². The zero-order chi connectivity index (χ0) is 16.2. The SMILES string of the molecule is CC(=O)c1ccccc1CCC=Cc1ccc2c(c1)C(=O)CC2.